The maximum atomic E-state index is 11.9. The molecular formula is C28H19N3O7S. The number of furan rings is 1. The minimum Gasteiger partial charge on any atom is -0.485 e. The van der Waals surface area contributed by atoms with Crippen LogP contribution in [-0.4, -0.2) is 50.3 Å². The Morgan fingerprint density at radius 2 is 1.38 bits per heavy atom. The van der Waals surface area contributed by atoms with Crippen LogP contribution in [0.4, 0.5) is 0 Å². The molecule has 0 bridgehead atoms. The van der Waals surface area contributed by atoms with Crippen LogP contribution in [0.15, 0.2) is 65.3 Å². The molecule has 0 atom stereocenters. The first kappa shape index (κ1) is 24.3. The molecule has 0 saturated carbocycles. The fourth-order valence-corrected chi connectivity index (χ4v) is 5.34. The lowest BCUT2D eigenvalue weighted by Crippen LogP contribution is -2.14. The number of aromatic carboxylic acids is 2. The molecule has 5 aromatic heterocycles. The normalized spacial score (nSPS) is 12.3. The highest BCUT2D eigenvalue weighted by molar-refractivity contribution is 7.19. The van der Waals surface area contributed by atoms with Crippen LogP contribution >= 0.6 is 11.3 Å². The molecule has 194 valence electrons. The standard InChI is InChI=1S/C28H19N3O7S/c1-14-2-3-22(38-14)26-24-23(36-8-9-37-24)25(39-26)15-4-6-29-18(10-15)20-12-17(28(34)35)13-21(31-20)19-11-16(27(32)33)5-7-30-19/h2-7,10-13H,8-9H2,1H3,(H,32,33)(H,34,35). The largest absolute Gasteiger partial charge is 0.485 e. The molecule has 0 aliphatic carbocycles. The minimum absolute atomic E-state index is 0.0106. The lowest BCUT2D eigenvalue weighted by atomic mass is 10.1. The van der Waals surface area contributed by atoms with Gasteiger partial charge in [-0.1, -0.05) is 0 Å². The smallest absolute Gasteiger partial charge is 0.335 e. The molecule has 1 aliphatic rings. The molecule has 0 unspecified atom stereocenters. The molecule has 0 radical (unpaired) electrons. The van der Waals surface area contributed by atoms with Crippen molar-refractivity contribution in [3.8, 4) is 55.4 Å². The van der Waals surface area contributed by atoms with Crippen LogP contribution in [0.1, 0.15) is 26.5 Å². The lowest BCUT2D eigenvalue weighted by molar-refractivity contribution is 0.0686. The molecule has 0 spiro atoms. The van der Waals surface area contributed by atoms with Crippen molar-refractivity contribution in [2.24, 2.45) is 0 Å². The van der Waals surface area contributed by atoms with Gasteiger partial charge in [-0.3, -0.25) is 9.97 Å². The Morgan fingerprint density at radius 1 is 0.769 bits per heavy atom. The molecule has 10 nitrogen and oxygen atoms in total. The van der Waals surface area contributed by atoms with E-state index in [4.69, 9.17) is 13.9 Å². The van der Waals surface area contributed by atoms with Gasteiger partial charge in [0.25, 0.3) is 0 Å². The number of carboxylic acid groups (broad SMARTS) is 2. The molecule has 0 aromatic carbocycles. The Hall–Kier alpha value is -5.03. The van der Waals surface area contributed by atoms with Crippen molar-refractivity contribution in [3.63, 3.8) is 0 Å². The first-order valence-electron chi connectivity index (χ1n) is 11.8. The number of aromatic nitrogens is 3. The van der Waals surface area contributed by atoms with Gasteiger partial charge in [0.1, 0.15) is 29.6 Å². The average molecular weight is 542 g/mol. The summed E-state index contributed by atoms with van der Waals surface area (Å²) in [5.41, 5.74) is 1.89. The summed E-state index contributed by atoms with van der Waals surface area (Å²) in [7, 11) is 0. The number of nitrogens with zero attached hydrogens (tertiary/aromatic N) is 3. The van der Waals surface area contributed by atoms with E-state index in [2.05, 4.69) is 15.0 Å². The second-order valence-electron chi connectivity index (χ2n) is 8.62. The summed E-state index contributed by atoms with van der Waals surface area (Å²) in [5.74, 6) is 0.386. The topological polar surface area (TPSA) is 145 Å². The summed E-state index contributed by atoms with van der Waals surface area (Å²) in [6.45, 7) is 2.69. The van der Waals surface area contributed by atoms with Gasteiger partial charge in [-0.05, 0) is 61.0 Å². The second kappa shape index (κ2) is 9.69. The molecule has 1 aliphatic heterocycles. The van der Waals surface area contributed by atoms with Gasteiger partial charge in [-0.2, -0.15) is 0 Å². The van der Waals surface area contributed by atoms with Crippen LogP contribution in [0.5, 0.6) is 11.5 Å². The predicted octanol–water partition coefficient (Wildman–Crippen LogP) is 5.67. The van der Waals surface area contributed by atoms with E-state index in [0.717, 1.165) is 21.1 Å². The molecule has 6 heterocycles. The summed E-state index contributed by atoms with van der Waals surface area (Å²) in [5, 5.41) is 19.1. The maximum Gasteiger partial charge on any atom is 0.335 e. The quantitative estimate of drug-likeness (QED) is 0.276. The average Bonchev–Trinajstić information content (AvgIpc) is 3.56. The Morgan fingerprint density at radius 3 is 2.03 bits per heavy atom. The number of pyridine rings is 3. The van der Waals surface area contributed by atoms with Crippen LogP contribution < -0.4 is 9.47 Å². The van der Waals surface area contributed by atoms with E-state index in [1.807, 2.05) is 25.1 Å². The Bertz CT molecular complexity index is 1760. The number of thiophene rings is 1. The van der Waals surface area contributed by atoms with Gasteiger partial charge in [-0.25, -0.2) is 14.6 Å². The van der Waals surface area contributed by atoms with Gasteiger partial charge in [0.2, 0.25) is 0 Å². The van der Waals surface area contributed by atoms with Crippen LogP contribution in [0.25, 0.3) is 43.9 Å². The number of hydrogen-bond acceptors (Lipinski definition) is 9. The van der Waals surface area contributed by atoms with Gasteiger partial charge in [-0.15, -0.1) is 11.3 Å². The van der Waals surface area contributed by atoms with E-state index in [1.165, 1.54) is 41.8 Å². The highest BCUT2D eigenvalue weighted by Crippen LogP contribution is 2.53. The van der Waals surface area contributed by atoms with E-state index in [-0.39, 0.29) is 22.5 Å². The number of aryl methyl sites for hydroxylation is 1. The molecular weight excluding hydrogens is 522 g/mol. The fraction of sp³-hybridized carbons (Fsp3) is 0.107. The highest BCUT2D eigenvalue weighted by atomic mass is 32.1. The molecule has 39 heavy (non-hydrogen) atoms. The zero-order valence-corrected chi connectivity index (χ0v) is 21.2. The van der Waals surface area contributed by atoms with Crippen LogP contribution in [0.3, 0.4) is 0 Å². The van der Waals surface area contributed by atoms with Gasteiger partial charge < -0.3 is 24.1 Å². The third-order valence-corrected chi connectivity index (χ3v) is 7.21. The van der Waals surface area contributed by atoms with Crippen LogP contribution in [0, 0.1) is 6.92 Å². The molecule has 0 saturated heterocycles. The lowest BCUT2D eigenvalue weighted by Gasteiger charge is -2.17. The first-order valence-corrected chi connectivity index (χ1v) is 12.6. The molecule has 6 rings (SSSR count). The Labute approximate surface area is 225 Å². The third kappa shape index (κ3) is 4.59. The number of ether oxygens (including phenoxy) is 2. The van der Waals surface area contributed by atoms with Crippen molar-refractivity contribution in [3.05, 3.63) is 77.8 Å². The van der Waals surface area contributed by atoms with Crippen molar-refractivity contribution < 1.29 is 33.7 Å². The van der Waals surface area contributed by atoms with Crippen molar-refractivity contribution in [2.75, 3.05) is 13.2 Å². The summed E-state index contributed by atoms with van der Waals surface area (Å²) in [6.07, 6.45) is 2.95. The van der Waals surface area contributed by atoms with Gasteiger partial charge in [0.15, 0.2) is 11.5 Å². The summed E-state index contributed by atoms with van der Waals surface area (Å²) < 4.78 is 17.8. The number of hydrogen-bond donors (Lipinski definition) is 2. The summed E-state index contributed by atoms with van der Waals surface area (Å²) in [4.78, 5) is 38.2. The zero-order valence-electron chi connectivity index (χ0n) is 20.4. The second-order valence-corrected chi connectivity index (χ2v) is 9.64. The maximum absolute atomic E-state index is 11.9. The number of fused-ring (bicyclic) bond motifs is 1. The SMILES string of the molecule is Cc1ccc(-c2sc(-c3ccnc(-c4cc(C(=O)O)cc(-c5cc(C(=O)O)ccn5)n4)c3)c3c2OCCO3)o1. The summed E-state index contributed by atoms with van der Waals surface area (Å²) >= 11 is 1.46. The minimum atomic E-state index is -1.17. The van der Waals surface area contributed by atoms with Crippen molar-refractivity contribution in [2.45, 2.75) is 6.92 Å². The van der Waals surface area contributed by atoms with Crippen LogP contribution in [-0.2, 0) is 0 Å². The molecule has 0 amide bonds. The van der Waals surface area contributed by atoms with E-state index in [9.17, 15) is 19.8 Å². The Kier molecular flexibility index (Phi) is 6.04. The Balaban J connectivity index is 1.46. The molecule has 2 N–H and O–H groups in total. The van der Waals surface area contributed by atoms with E-state index < -0.39 is 11.9 Å². The molecule has 11 heteroatoms. The first-order chi connectivity index (χ1) is 18.9. The van der Waals surface area contributed by atoms with E-state index >= 15 is 0 Å². The zero-order chi connectivity index (χ0) is 27.1. The van der Waals surface area contributed by atoms with Crippen LogP contribution in [0.2, 0.25) is 0 Å². The van der Waals surface area contributed by atoms with Crippen molar-refractivity contribution in [1.82, 2.24) is 15.0 Å². The molecule has 5 aromatic rings. The monoisotopic (exact) mass is 541 g/mol. The van der Waals surface area contributed by atoms with Gasteiger partial charge in [0, 0.05) is 12.4 Å². The van der Waals surface area contributed by atoms with Crippen molar-refractivity contribution in [1.29, 1.82) is 0 Å². The number of rotatable bonds is 6. The summed E-state index contributed by atoms with van der Waals surface area (Å²) in [6, 6.07) is 12.8. The molecule has 0 fully saturated rings. The third-order valence-electron chi connectivity index (χ3n) is 5.99. The predicted molar refractivity (Wildman–Crippen MR) is 141 cm³/mol. The van der Waals surface area contributed by atoms with E-state index in [0.29, 0.717) is 41.9 Å². The number of carbonyl (C=O) groups is 2. The van der Waals surface area contributed by atoms with Gasteiger partial charge >= 0.3 is 11.9 Å². The fourth-order valence-electron chi connectivity index (χ4n) is 4.19. The number of carboxylic acids is 2. The van der Waals surface area contributed by atoms with Crippen molar-refractivity contribution >= 4 is 23.3 Å². The highest BCUT2D eigenvalue weighted by Gasteiger charge is 2.28. The van der Waals surface area contributed by atoms with Gasteiger partial charge in [0.05, 0.1) is 38.8 Å². The van der Waals surface area contributed by atoms with E-state index in [1.54, 1.807) is 12.3 Å².